The van der Waals surface area contributed by atoms with Gasteiger partial charge < -0.3 is 5.32 Å². The minimum absolute atomic E-state index is 0.107. The van der Waals surface area contributed by atoms with Gasteiger partial charge in [0.15, 0.2) is 0 Å². The van der Waals surface area contributed by atoms with Gasteiger partial charge in [-0.05, 0) is 18.9 Å². The van der Waals surface area contributed by atoms with Crippen LogP contribution in [0.2, 0.25) is 0 Å². The summed E-state index contributed by atoms with van der Waals surface area (Å²) in [7, 11) is 1.88. The first-order valence-corrected chi connectivity index (χ1v) is 6.34. The van der Waals surface area contributed by atoms with E-state index in [4.69, 9.17) is 0 Å². The first-order valence-electron chi connectivity index (χ1n) is 6.34. The van der Waals surface area contributed by atoms with Crippen LogP contribution in [0.5, 0.6) is 0 Å². The molecule has 0 saturated heterocycles. The van der Waals surface area contributed by atoms with Crippen molar-refractivity contribution < 1.29 is 4.79 Å². The van der Waals surface area contributed by atoms with Crippen LogP contribution in [0.4, 0.5) is 0 Å². The maximum atomic E-state index is 12.1. The van der Waals surface area contributed by atoms with Crippen LogP contribution >= 0.6 is 0 Å². The lowest BCUT2D eigenvalue weighted by atomic mass is 9.87. The Labute approximate surface area is 107 Å². The van der Waals surface area contributed by atoms with Crippen molar-refractivity contribution in [2.75, 3.05) is 6.54 Å². The highest BCUT2D eigenvalue weighted by Gasteiger charge is 2.41. The number of nitrogens with zero attached hydrogens (tertiary/aromatic N) is 3. The second-order valence-electron chi connectivity index (χ2n) is 4.85. The van der Waals surface area contributed by atoms with E-state index >= 15 is 0 Å². The molecule has 0 aliphatic heterocycles. The minimum Gasteiger partial charge on any atom is -0.354 e. The van der Waals surface area contributed by atoms with E-state index in [2.05, 4.69) is 16.5 Å². The Hall–Kier alpha value is -1.83. The van der Waals surface area contributed by atoms with Crippen LogP contribution in [0.3, 0.4) is 0 Å². The Kier molecular flexibility index (Phi) is 3.66. The molecule has 0 aromatic carbocycles. The fourth-order valence-electron chi connectivity index (χ4n) is 2.49. The largest absolute Gasteiger partial charge is 0.354 e. The smallest absolute Gasteiger partial charge is 0.240 e. The zero-order chi connectivity index (χ0) is 13.0. The molecule has 2 rings (SSSR count). The summed E-state index contributed by atoms with van der Waals surface area (Å²) in [4.78, 5) is 12.1. The standard InChI is InChI=1S/C13H18N4O/c1-17-11(5-9-16-17)4-8-15-12(18)13(10-14)6-2-3-7-13/h5,9H,2-4,6-8H2,1H3,(H,15,18). The normalized spacial score (nSPS) is 17.3. The van der Waals surface area contributed by atoms with Crippen molar-refractivity contribution in [3.05, 3.63) is 18.0 Å². The molecule has 1 aliphatic carbocycles. The van der Waals surface area contributed by atoms with E-state index in [9.17, 15) is 10.1 Å². The molecule has 0 radical (unpaired) electrons. The SMILES string of the molecule is Cn1nccc1CCNC(=O)C1(C#N)CCCC1. The van der Waals surface area contributed by atoms with Gasteiger partial charge in [0.2, 0.25) is 5.91 Å². The van der Waals surface area contributed by atoms with Crippen LogP contribution in [0.1, 0.15) is 31.4 Å². The quantitative estimate of drug-likeness (QED) is 0.866. The van der Waals surface area contributed by atoms with E-state index in [1.165, 1.54) is 0 Å². The second kappa shape index (κ2) is 5.21. The Morgan fingerprint density at radius 1 is 1.61 bits per heavy atom. The van der Waals surface area contributed by atoms with Crippen molar-refractivity contribution in [2.45, 2.75) is 32.1 Å². The summed E-state index contributed by atoms with van der Waals surface area (Å²) in [6.45, 7) is 0.557. The molecule has 5 nitrogen and oxygen atoms in total. The summed E-state index contributed by atoms with van der Waals surface area (Å²) < 4.78 is 1.79. The maximum Gasteiger partial charge on any atom is 0.240 e. The highest BCUT2D eigenvalue weighted by molar-refractivity contribution is 5.85. The predicted molar refractivity (Wildman–Crippen MR) is 66.4 cm³/mol. The minimum atomic E-state index is -0.771. The third-order valence-corrected chi connectivity index (χ3v) is 3.69. The van der Waals surface area contributed by atoms with Gasteiger partial charge in [-0.15, -0.1) is 0 Å². The molecule has 0 bridgehead atoms. The maximum absolute atomic E-state index is 12.1. The lowest BCUT2D eigenvalue weighted by Gasteiger charge is -2.19. The van der Waals surface area contributed by atoms with E-state index < -0.39 is 5.41 Å². The van der Waals surface area contributed by atoms with Crippen molar-refractivity contribution in [2.24, 2.45) is 12.5 Å². The molecule has 18 heavy (non-hydrogen) atoms. The summed E-state index contributed by atoms with van der Waals surface area (Å²) in [6, 6.07) is 4.13. The molecular weight excluding hydrogens is 228 g/mol. The third kappa shape index (κ3) is 2.37. The van der Waals surface area contributed by atoms with Gasteiger partial charge in [0.05, 0.1) is 6.07 Å². The van der Waals surface area contributed by atoms with Crippen molar-refractivity contribution in [1.29, 1.82) is 5.26 Å². The predicted octanol–water partition coefficient (Wildman–Crippen LogP) is 1.16. The summed E-state index contributed by atoms with van der Waals surface area (Å²) >= 11 is 0. The molecule has 1 N–H and O–H groups in total. The number of nitriles is 1. The molecule has 0 unspecified atom stereocenters. The van der Waals surface area contributed by atoms with Crippen molar-refractivity contribution in [3.8, 4) is 6.07 Å². The fourth-order valence-corrected chi connectivity index (χ4v) is 2.49. The number of carbonyl (C=O) groups is 1. The Balaban J connectivity index is 1.85. The van der Waals surface area contributed by atoms with Crippen LogP contribution in [0, 0.1) is 16.7 Å². The van der Waals surface area contributed by atoms with Gasteiger partial charge in [-0.1, -0.05) is 12.8 Å². The van der Waals surface area contributed by atoms with Crippen LogP contribution in [-0.4, -0.2) is 22.2 Å². The molecule has 1 fully saturated rings. The van der Waals surface area contributed by atoms with Gasteiger partial charge in [0.1, 0.15) is 5.41 Å². The number of nitrogens with one attached hydrogen (secondary N) is 1. The van der Waals surface area contributed by atoms with Gasteiger partial charge >= 0.3 is 0 Å². The average Bonchev–Trinajstić information content (AvgIpc) is 2.99. The summed E-state index contributed by atoms with van der Waals surface area (Å²) in [5, 5.41) is 16.1. The van der Waals surface area contributed by atoms with Crippen LogP contribution in [-0.2, 0) is 18.3 Å². The first-order chi connectivity index (χ1) is 8.68. The van der Waals surface area contributed by atoms with Crippen LogP contribution in [0.15, 0.2) is 12.3 Å². The molecule has 1 saturated carbocycles. The fraction of sp³-hybridized carbons (Fsp3) is 0.615. The number of hydrogen-bond donors (Lipinski definition) is 1. The van der Waals surface area contributed by atoms with Crippen LogP contribution in [0.25, 0.3) is 0 Å². The zero-order valence-corrected chi connectivity index (χ0v) is 10.6. The van der Waals surface area contributed by atoms with Gasteiger partial charge in [-0.3, -0.25) is 9.48 Å². The summed E-state index contributed by atoms with van der Waals surface area (Å²) in [5.41, 5.74) is 0.305. The Morgan fingerprint density at radius 2 is 2.33 bits per heavy atom. The van der Waals surface area contributed by atoms with Gasteiger partial charge in [-0.2, -0.15) is 10.4 Å². The van der Waals surface area contributed by atoms with Crippen molar-refractivity contribution in [3.63, 3.8) is 0 Å². The molecule has 1 amide bonds. The van der Waals surface area contributed by atoms with Crippen molar-refractivity contribution >= 4 is 5.91 Å². The van der Waals surface area contributed by atoms with Gasteiger partial charge in [0.25, 0.3) is 0 Å². The van der Waals surface area contributed by atoms with Gasteiger partial charge in [0, 0.05) is 31.9 Å². The molecule has 0 spiro atoms. The number of rotatable bonds is 4. The highest BCUT2D eigenvalue weighted by Crippen LogP contribution is 2.37. The molecule has 1 aromatic heterocycles. The van der Waals surface area contributed by atoms with Crippen LogP contribution < -0.4 is 5.32 Å². The summed E-state index contributed by atoms with van der Waals surface area (Å²) in [6.07, 6.45) is 5.82. The Morgan fingerprint density at radius 3 is 2.89 bits per heavy atom. The molecule has 0 atom stereocenters. The van der Waals surface area contributed by atoms with E-state index in [-0.39, 0.29) is 5.91 Å². The lowest BCUT2D eigenvalue weighted by Crippen LogP contribution is -2.39. The molecular formula is C13H18N4O. The number of hydrogen-bond acceptors (Lipinski definition) is 3. The molecule has 96 valence electrons. The van der Waals surface area contributed by atoms with Gasteiger partial charge in [-0.25, -0.2) is 0 Å². The molecule has 1 heterocycles. The second-order valence-corrected chi connectivity index (χ2v) is 4.85. The topological polar surface area (TPSA) is 70.7 Å². The van der Waals surface area contributed by atoms with E-state index in [0.717, 1.165) is 25.0 Å². The molecule has 5 heteroatoms. The number of amides is 1. The first kappa shape index (κ1) is 12.6. The zero-order valence-electron chi connectivity index (χ0n) is 10.6. The lowest BCUT2D eigenvalue weighted by molar-refractivity contribution is -0.127. The van der Waals surface area contributed by atoms with E-state index in [1.54, 1.807) is 10.9 Å². The van der Waals surface area contributed by atoms with E-state index in [1.807, 2.05) is 13.1 Å². The molecule has 1 aliphatic rings. The third-order valence-electron chi connectivity index (χ3n) is 3.69. The van der Waals surface area contributed by atoms with Crippen molar-refractivity contribution in [1.82, 2.24) is 15.1 Å². The highest BCUT2D eigenvalue weighted by atomic mass is 16.2. The van der Waals surface area contributed by atoms with E-state index in [0.29, 0.717) is 19.4 Å². The Bertz CT molecular complexity index is 466. The number of carbonyl (C=O) groups excluding carboxylic acids is 1. The number of aromatic nitrogens is 2. The number of aryl methyl sites for hydroxylation is 1. The molecule has 1 aromatic rings. The summed E-state index contributed by atoms with van der Waals surface area (Å²) in [5.74, 6) is -0.107. The monoisotopic (exact) mass is 246 g/mol. The average molecular weight is 246 g/mol.